The molecule has 0 spiro atoms. The molecule has 0 aromatic rings. The second kappa shape index (κ2) is 12.6. The molecular weight excluding hydrogens is 288 g/mol. The predicted molar refractivity (Wildman–Crippen MR) is 99.1 cm³/mol. The third kappa shape index (κ3) is 9.16. The molecule has 0 aromatic heterocycles. The summed E-state index contributed by atoms with van der Waals surface area (Å²) in [5, 5.41) is 6.79. The number of guanidine groups is 1. The molecule has 1 atom stereocenters. The Morgan fingerprint density at radius 3 is 2.78 bits per heavy atom. The Balaban J connectivity index is 2.30. The lowest BCUT2D eigenvalue weighted by Crippen LogP contribution is -2.42. The van der Waals surface area contributed by atoms with Crippen LogP contribution in [0.2, 0.25) is 0 Å². The van der Waals surface area contributed by atoms with Crippen molar-refractivity contribution in [1.82, 2.24) is 15.5 Å². The van der Waals surface area contributed by atoms with Crippen LogP contribution in [0.5, 0.6) is 0 Å². The summed E-state index contributed by atoms with van der Waals surface area (Å²) in [7, 11) is 0. The number of aliphatic imine (C=N–C) groups is 1. The lowest BCUT2D eigenvalue weighted by molar-refractivity contribution is 0.143. The fourth-order valence-electron chi connectivity index (χ4n) is 2.96. The highest BCUT2D eigenvalue weighted by atomic mass is 16.5. The molecule has 0 amide bonds. The maximum atomic E-state index is 5.37. The number of likely N-dealkylation sites (tertiary alicyclic amines) is 1. The van der Waals surface area contributed by atoms with Crippen LogP contribution in [0.1, 0.15) is 53.4 Å². The molecule has 1 unspecified atom stereocenters. The minimum Gasteiger partial charge on any atom is -0.382 e. The molecule has 5 nitrogen and oxygen atoms in total. The molecule has 1 aliphatic rings. The molecule has 0 aliphatic carbocycles. The van der Waals surface area contributed by atoms with E-state index in [1.807, 2.05) is 6.92 Å². The quantitative estimate of drug-likeness (QED) is 0.368. The first-order valence-electron chi connectivity index (χ1n) is 9.51. The largest absolute Gasteiger partial charge is 0.382 e. The van der Waals surface area contributed by atoms with E-state index in [9.17, 15) is 0 Å². The number of ether oxygens (including phenoxy) is 1. The zero-order chi connectivity index (χ0) is 16.9. The van der Waals surface area contributed by atoms with E-state index < -0.39 is 0 Å². The fraction of sp³-hybridized carbons (Fsp3) is 0.944. The summed E-state index contributed by atoms with van der Waals surface area (Å²) in [6, 6.07) is 0.651. The Kier molecular flexibility index (Phi) is 11.1. The highest BCUT2D eigenvalue weighted by Gasteiger charge is 2.21. The minimum absolute atomic E-state index is 0.651. The van der Waals surface area contributed by atoms with Gasteiger partial charge in [-0.3, -0.25) is 4.99 Å². The minimum atomic E-state index is 0.651. The van der Waals surface area contributed by atoms with Crippen molar-refractivity contribution in [2.45, 2.75) is 59.4 Å². The summed E-state index contributed by atoms with van der Waals surface area (Å²) in [5.41, 5.74) is 0. The molecule has 0 saturated carbocycles. The molecule has 1 fully saturated rings. The van der Waals surface area contributed by atoms with Crippen LogP contribution in [0.15, 0.2) is 4.99 Å². The van der Waals surface area contributed by atoms with Crippen LogP contribution in [0, 0.1) is 5.92 Å². The third-order valence-electron chi connectivity index (χ3n) is 4.34. The maximum Gasteiger partial charge on any atom is 0.191 e. The number of nitrogens with one attached hydrogen (secondary N) is 2. The monoisotopic (exact) mass is 326 g/mol. The van der Waals surface area contributed by atoms with Crippen LogP contribution in [0.25, 0.3) is 0 Å². The molecule has 1 rings (SSSR count). The molecule has 2 N–H and O–H groups in total. The van der Waals surface area contributed by atoms with Crippen molar-refractivity contribution in [2.24, 2.45) is 10.9 Å². The smallest absolute Gasteiger partial charge is 0.191 e. The van der Waals surface area contributed by atoms with Crippen molar-refractivity contribution in [1.29, 1.82) is 0 Å². The maximum absolute atomic E-state index is 5.37. The Morgan fingerprint density at radius 2 is 2.09 bits per heavy atom. The molecule has 1 heterocycles. The normalized spacial score (nSPS) is 20.0. The van der Waals surface area contributed by atoms with Crippen molar-refractivity contribution in [3.8, 4) is 0 Å². The van der Waals surface area contributed by atoms with Crippen molar-refractivity contribution in [2.75, 3.05) is 45.9 Å². The summed E-state index contributed by atoms with van der Waals surface area (Å²) < 4.78 is 5.37. The van der Waals surface area contributed by atoms with Gasteiger partial charge in [0.25, 0.3) is 0 Å². The van der Waals surface area contributed by atoms with E-state index in [0.717, 1.165) is 51.6 Å². The number of unbranched alkanes of at least 4 members (excludes halogenated alkanes) is 1. The van der Waals surface area contributed by atoms with Gasteiger partial charge < -0.3 is 20.3 Å². The summed E-state index contributed by atoms with van der Waals surface area (Å²) in [6.45, 7) is 15.6. The van der Waals surface area contributed by atoms with Gasteiger partial charge in [0.15, 0.2) is 5.96 Å². The molecule has 0 radical (unpaired) electrons. The van der Waals surface area contributed by atoms with Crippen LogP contribution in [0.3, 0.4) is 0 Å². The average Bonchev–Trinajstić information content (AvgIpc) is 2.56. The van der Waals surface area contributed by atoms with E-state index in [-0.39, 0.29) is 0 Å². The van der Waals surface area contributed by atoms with Gasteiger partial charge in [0.1, 0.15) is 0 Å². The summed E-state index contributed by atoms with van der Waals surface area (Å²) in [4.78, 5) is 7.38. The zero-order valence-corrected chi connectivity index (χ0v) is 15.7. The molecule has 136 valence electrons. The van der Waals surface area contributed by atoms with E-state index in [2.05, 4.69) is 36.3 Å². The number of hydrogen-bond acceptors (Lipinski definition) is 3. The SMILES string of the molecule is CCNC(=NCC1CCCN(C(C)C)C1)NCCCCOCC. The number of rotatable bonds is 10. The Morgan fingerprint density at radius 1 is 1.26 bits per heavy atom. The van der Waals surface area contributed by atoms with Crippen LogP contribution in [-0.2, 0) is 4.74 Å². The van der Waals surface area contributed by atoms with E-state index in [4.69, 9.17) is 9.73 Å². The van der Waals surface area contributed by atoms with Crippen molar-refractivity contribution >= 4 is 5.96 Å². The molecule has 5 heteroatoms. The van der Waals surface area contributed by atoms with Gasteiger partial charge in [-0.05, 0) is 65.8 Å². The first-order valence-corrected chi connectivity index (χ1v) is 9.51. The molecular formula is C18H38N4O. The van der Waals surface area contributed by atoms with E-state index in [1.165, 1.54) is 25.9 Å². The summed E-state index contributed by atoms with van der Waals surface area (Å²) >= 11 is 0. The van der Waals surface area contributed by atoms with Crippen LogP contribution < -0.4 is 10.6 Å². The van der Waals surface area contributed by atoms with Crippen LogP contribution >= 0.6 is 0 Å². The lowest BCUT2D eigenvalue weighted by Gasteiger charge is -2.34. The average molecular weight is 327 g/mol. The second-order valence-corrected chi connectivity index (χ2v) is 6.65. The third-order valence-corrected chi connectivity index (χ3v) is 4.34. The first-order chi connectivity index (χ1) is 11.2. The van der Waals surface area contributed by atoms with E-state index in [0.29, 0.717) is 12.0 Å². The molecule has 0 aromatic carbocycles. The van der Waals surface area contributed by atoms with Crippen molar-refractivity contribution < 1.29 is 4.74 Å². The highest BCUT2D eigenvalue weighted by molar-refractivity contribution is 5.79. The first kappa shape index (κ1) is 20.2. The van der Waals surface area contributed by atoms with Crippen molar-refractivity contribution in [3.63, 3.8) is 0 Å². The van der Waals surface area contributed by atoms with E-state index >= 15 is 0 Å². The number of hydrogen-bond donors (Lipinski definition) is 2. The molecule has 0 bridgehead atoms. The number of nitrogens with zero attached hydrogens (tertiary/aromatic N) is 2. The van der Waals surface area contributed by atoms with Gasteiger partial charge in [-0.1, -0.05) is 0 Å². The predicted octanol–water partition coefficient (Wildman–Crippen LogP) is 2.48. The Bertz CT molecular complexity index is 320. The standard InChI is InChI=1S/C18H38N4O/c1-5-19-18(20-11-7-8-13-23-6-2)21-14-17-10-9-12-22(15-17)16(3)4/h16-17H,5-15H2,1-4H3,(H2,19,20,21). The molecule has 1 aliphatic heterocycles. The lowest BCUT2D eigenvalue weighted by atomic mass is 9.97. The highest BCUT2D eigenvalue weighted by Crippen LogP contribution is 2.18. The Labute approximate surface area is 143 Å². The van der Waals surface area contributed by atoms with Gasteiger partial charge in [-0.2, -0.15) is 0 Å². The van der Waals surface area contributed by atoms with Gasteiger partial charge in [-0.25, -0.2) is 0 Å². The Hall–Kier alpha value is -0.810. The molecule has 23 heavy (non-hydrogen) atoms. The van der Waals surface area contributed by atoms with Gasteiger partial charge in [0, 0.05) is 45.4 Å². The van der Waals surface area contributed by atoms with Crippen LogP contribution in [-0.4, -0.2) is 62.8 Å². The van der Waals surface area contributed by atoms with Crippen molar-refractivity contribution in [3.05, 3.63) is 0 Å². The summed E-state index contributed by atoms with van der Waals surface area (Å²) in [6.07, 6.45) is 4.83. The van der Waals surface area contributed by atoms with E-state index in [1.54, 1.807) is 0 Å². The molecule has 1 saturated heterocycles. The topological polar surface area (TPSA) is 48.9 Å². The second-order valence-electron chi connectivity index (χ2n) is 6.65. The van der Waals surface area contributed by atoms with Gasteiger partial charge in [-0.15, -0.1) is 0 Å². The van der Waals surface area contributed by atoms with Crippen LogP contribution in [0.4, 0.5) is 0 Å². The number of piperidine rings is 1. The summed E-state index contributed by atoms with van der Waals surface area (Å²) in [5.74, 6) is 1.66. The fourth-order valence-corrected chi connectivity index (χ4v) is 2.96. The van der Waals surface area contributed by atoms with Gasteiger partial charge in [0.2, 0.25) is 0 Å². The zero-order valence-electron chi connectivity index (χ0n) is 15.7. The van der Waals surface area contributed by atoms with Gasteiger partial charge in [0.05, 0.1) is 0 Å². The van der Waals surface area contributed by atoms with Gasteiger partial charge >= 0.3 is 0 Å².